The summed E-state index contributed by atoms with van der Waals surface area (Å²) in [4.78, 5) is 23.7. The van der Waals surface area contributed by atoms with Gasteiger partial charge < -0.3 is 15.8 Å². The summed E-state index contributed by atoms with van der Waals surface area (Å²) in [5, 5.41) is 3.28. The topological polar surface area (TPSA) is 102 Å². The Kier molecular flexibility index (Phi) is 6.70. The first-order valence-electron chi connectivity index (χ1n) is 8.90. The van der Waals surface area contributed by atoms with Gasteiger partial charge in [-0.05, 0) is 41.0 Å². The van der Waals surface area contributed by atoms with Crippen molar-refractivity contribution < 1.29 is 9.53 Å². The fourth-order valence-electron chi connectivity index (χ4n) is 2.48. The summed E-state index contributed by atoms with van der Waals surface area (Å²) < 4.78 is 6.36. The molecule has 0 atom stereocenters. The molecule has 0 fully saturated rings. The van der Waals surface area contributed by atoms with Gasteiger partial charge in [0.1, 0.15) is 0 Å². The number of nitrogens with zero attached hydrogens (tertiary/aromatic N) is 3. The Morgan fingerprint density at radius 1 is 1.41 bits per heavy atom. The van der Waals surface area contributed by atoms with Gasteiger partial charge in [0.2, 0.25) is 5.91 Å². The molecule has 3 N–H and O–H groups in total. The molecule has 8 heteroatoms. The number of allylic oxidation sites excluding steroid dienone is 2. The minimum absolute atomic E-state index is 0.0933. The van der Waals surface area contributed by atoms with E-state index in [1.165, 1.54) is 18.3 Å². The number of hydrogen-bond acceptors (Lipinski definition) is 6. The molecular formula is C21H21N5O2S. The van der Waals surface area contributed by atoms with Crippen molar-refractivity contribution in [3.8, 4) is 0 Å². The monoisotopic (exact) mass is 407 g/mol. The van der Waals surface area contributed by atoms with Gasteiger partial charge in [0.05, 0.1) is 16.8 Å². The van der Waals surface area contributed by atoms with Crippen molar-refractivity contribution in [2.75, 3.05) is 11.9 Å². The Morgan fingerprint density at radius 3 is 3.03 bits per heavy atom. The van der Waals surface area contributed by atoms with Gasteiger partial charge in [-0.2, -0.15) is 0 Å². The number of ether oxygens (including phenoxy) is 1. The molecule has 148 valence electrons. The lowest BCUT2D eigenvalue weighted by atomic mass is 10.1. The fraction of sp³-hybridized carbons (Fsp3) is 0.143. The predicted molar refractivity (Wildman–Crippen MR) is 118 cm³/mol. The zero-order valence-electron chi connectivity index (χ0n) is 16.0. The van der Waals surface area contributed by atoms with E-state index >= 15 is 0 Å². The summed E-state index contributed by atoms with van der Waals surface area (Å²) in [6.07, 6.45) is 7.54. The number of aromatic nitrogens is 2. The highest BCUT2D eigenvalue weighted by atomic mass is 32.1. The number of carbonyl (C=O) groups excluding carboxylic acids is 1. The average Bonchev–Trinajstić information content (AvgIpc) is 3.09. The SMILES string of the molecule is C=C(/C=C\N=C(N)OCCc1cccnc1)c1ccc2nc(NC(C)=O)sc2c1. The van der Waals surface area contributed by atoms with Crippen LogP contribution in [0.5, 0.6) is 0 Å². The van der Waals surface area contributed by atoms with Crippen molar-refractivity contribution >= 4 is 44.2 Å². The van der Waals surface area contributed by atoms with Crippen LogP contribution < -0.4 is 11.1 Å². The van der Waals surface area contributed by atoms with Gasteiger partial charge in [0.15, 0.2) is 5.13 Å². The molecule has 0 aliphatic heterocycles. The normalized spacial score (nSPS) is 11.7. The minimum Gasteiger partial charge on any atom is -0.465 e. The number of anilines is 1. The molecule has 2 aromatic heterocycles. The maximum Gasteiger partial charge on any atom is 0.286 e. The third-order valence-electron chi connectivity index (χ3n) is 3.88. The second kappa shape index (κ2) is 9.61. The van der Waals surface area contributed by atoms with E-state index in [1.807, 2.05) is 30.3 Å². The van der Waals surface area contributed by atoms with Gasteiger partial charge in [0.25, 0.3) is 6.02 Å². The summed E-state index contributed by atoms with van der Waals surface area (Å²) >= 11 is 1.41. The van der Waals surface area contributed by atoms with Crippen LogP contribution in [0.1, 0.15) is 18.1 Å². The van der Waals surface area contributed by atoms with Crippen molar-refractivity contribution in [2.24, 2.45) is 10.7 Å². The molecular weight excluding hydrogens is 386 g/mol. The van der Waals surface area contributed by atoms with Crippen molar-refractivity contribution in [2.45, 2.75) is 13.3 Å². The molecule has 0 saturated carbocycles. The number of amidine groups is 1. The predicted octanol–water partition coefficient (Wildman–Crippen LogP) is 3.75. The Hall–Kier alpha value is -3.52. The van der Waals surface area contributed by atoms with Gasteiger partial charge in [0, 0.05) is 31.9 Å². The van der Waals surface area contributed by atoms with E-state index in [0.29, 0.717) is 18.2 Å². The van der Waals surface area contributed by atoms with Gasteiger partial charge in [-0.25, -0.2) is 9.98 Å². The lowest BCUT2D eigenvalue weighted by Gasteiger charge is -2.04. The number of nitrogens with two attached hydrogens (primary N) is 1. The van der Waals surface area contributed by atoms with Crippen molar-refractivity contribution in [3.05, 3.63) is 72.7 Å². The van der Waals surface area contributed by atoms with Crippen LogP contribution in [-0.2, 0) is 16.0 Å². The van der Waals surface area contributed by atoms with Crippen LogP contribution in [-0.4, -0.2) is 28.5 Å². The summed E-state index contributed by atoms with van der Waals surface area (Å²) in [5.41, 5.74) is 9.37. The highest BCUT2D eigenvalue weighted by Gasteiger charge is 2.06. The molecule has 0 aliphatic rings. The van der Waals surface area contributed by atoms with Crippen LogP contribution in [0.2, 0.25) is 0 Å². The molecule has 2 heterocycles. The Balaban J connectivity index is 1.56. The number of rotatable bonds is 7. The van der Waals surface area contributed by atoms with E-state index in [0.717, 1.165) is 26.9 Å². The van der Waals surface area contributed by atoms with Crippen molar-refractivity contribution in [1.82, 2.24) is 9.97 Å². The van der Waals surface area contributed by atoms with Crippen LogP contribution in [0.25, 0.3) is 15.8 Å². The quantitative estimate of drug-likeness (QED) is 0.353. The Labute approximate surface area is 172 Å². The van der Waals surface area contributed by atoms with Crippen LogP contribution in [0.4, 0.5) is 5.13 Å². The largest absolute Gasteiger partial charge is 0.465 e. The van der Waals surface area contributed by atoms with E-state index < -0.39 is 0 Å². The lowest BCUT2D eigenvalue weighted by Crippen LogP contribution is -2.17. The zero-order chi connectivity index (χ0) is 20.6. The molecule has 0 saturated heterocycles. The standard InChI is InChI=1S/C21H21N5O2S/c1-14(7-10-24-20(22)28-11-8-16-4-3-9-23-13-16)17-5-6-18-19(12-17)29-21(26-18)25-15(2)27/h3-7,9-10,12-13H,1,8,11H2,2H3,(H2,22,24)(H,25,26,27)/b10-7-. The van der Waals surface area contributed by atoms with Crippen LogP contribution in [0.15, 0.2) is 66.6 Å². The van der Waals surface area contributed by atoms with E-state index in [4.69, 9.17) is 10.5 Å². The number of benzene rings is 1. The first-order chi connectivity index (χ1) is 14.0. The van der Waals surface area contributed by atoms with Gasteiger partial charge >= 0.3 is 0 Å². The first kappa shape index (κ1) is 20.2. The molecule has 0 bridgehead atoms. The lowest BCUT2D eigenvalue weighted by molar-refractivity contribution is -0.114. The molecule has 1 amide bonds. The van der Waals surface area contributed by atoms with Gasteiger partial charge in [-0.1, -0.05) is 30.0 Å². The Bertz CT molecular complexity index is 1070. The highest BCUT2D eigenvalue weighted by Crippen LogP contribution is 2.28. The first-order valence-corrected chi connectivity index (χ1v) is 9.72. The summed E-state index contributed by atoms with van der Waals surface area (Å²) in [5.74, 6) is -0.144. The number of pyridine rings is 1. The number of hydrogen-bond donors (Lipinski definition) is 2. The van der Waals surface area contributed by atoms with E-state index in [-0.39, 0.29) is 11.9 Å². The third kappa shape index (κ3) is 5.98. The molecule has 3 aromatic rings. The number of fused-ring (bicyclic) bond motifs is 1. The maximum atomic E-state index is 11.2. The van der Waals surface area contributed by atoms with E-state index in [2.05, 4.69) is 26.9 Å². The summed E-state index contributed by atoms with van der Waals surface area (Å²) in [6, 6.07) is 9.74. The highest BCUT2D eigenvalue weighted by molar-refractivity contribution is 7.22. The van der Waals surface area contributed by atoms with E-state index in [9.17, 15) is 4.79 Å². The van der Waals surface area contributed by atoms with Crippen molar-refractivity contribution in [1.29, 1.82) is 0 Å². The van der Waals surface area contributed by atoms with E-state index in [1.54, 1.807) is 24.7 Å². The van der Waals surface area contributed by atoms with Crippen molar-refractivity contribution in [3.63, 3.8) is 0 Å². The minimum atomic E-state index is -0.144. The molecule has 29 heavy (non-hydrogen) atoms. The van der Waals surface area contributed by atoms with Gasteiger partial charge in [-0.3, -0.25) is 9.78 Å². The number of thiazole rings is 1. The van der Waals surface area contributed by atoms with Crippen LogP contribution >= 0.6 is 11.3 Å². The molecule has 3 rings (SSSR count). The number of aliphatic imine (C=N–C) groups is 1. The molecule has 0 radical (unpaired) electrons. The number of nitrogens with one attached hydrogen (secondary N) is 1. The average molecular weight is 407 g/mol. The molecule has 7 nitrogen and oxygen atoms in total. The maximum absolute atomic E-state index is 11.2. The zero-order valence-corrected chi connectivity index (χ0v) is 16.8. The summed E-state index contributed by atoms with van der Waals surface area (Å²) in [6.45, 7) is 5.94. The second-order valence-electron chi connectivity index (χ2n) is 6.15. The summed E-state index contributed by atoms with van der Waals surface area (Å²) in [7, 11) is 0. The molecule has 1 aromatic carbocycles. The fourth-order valence-corrected chi connectivity index (χ4v) is 3.43. The Morgan fingerprint density at radius 2 is 2.28 bits per heavy atom. The third-order valence-corrected chi connectivity index (χ3v) is 4.82. The van der Waals surface area contributed by atoms with Crippen LogP contribution in [0.3, 0.4) is 0 Å². The molecule has 0 spiro atoms. The molecule has 0 aliphatic carbocycles. The number of carbonyl (C=O) groups is 1. The number of amides is 1. The smallest absolute Gasteiger partial charge is 0.286 e. The van der Waals surface area contributed by atoms with Crippen LogP contribution in [0, 0.1) is 0 Å². The van der Waals surface area contributed by atoms with Gasteiger partial charge in [-0.15, -0.1) is 0 Å². The molecule has 0 unspecified atom stereocenters. The second-order valence-corrected chi connectivity index (χ2v) is 7.18.